The Kier molecular flexibility index (Phi) is 6.82. The lowest BCUT2D eigenvalue weighted by atomic mass is 10.5. The summed E-state index contributed by atoms with van der Waals surface area (Å²) in [7, 11) is 4.78. The quantitative estimate of drug-likeness (QED) is 0.608. The predicted octanol–water partition coefficient (Wildman–Crippen LogP) is 0.142. The van der Waals surface area contributed by atoms with Gasteiger partial charge in [-0.15, -0.1) is 0 Å². The lowest BCUT2D eigenvalue weighted by Crippen LogP contribution is -2.25. The number of nitrogens with zero attached hydrogens (tertiary/aromatic N) is 2. The highest BCUT2D eigenvalue weighted by Gasteiger charge is 2.04. The van der Waals surface area contributed by atoms with Crippen LogP contribution in [0, 0.1) is 0 Å². The summed E-state index contributed by atoms with van der Waals surface area (Å²) < 4.78 is 15.0. The second-order valence-electron chi connectivity index (χ2n) is 3.45. The molecule has 0 spiro atoms. The third-order valence-electron chi connectivity index (χ3n) is 2.17. The lowest BCUT2D eigenvalue weighted by Gasteiger charge is -2.08. The van der Waals surface area contributed by atoms with Gasteiger partial charge in [-0.25, -0.2) is 0 Å². The fraction of sp³-hybridized carbons (Fsp3) is 0.636. The Labute approximate surface area is 107 Å². The number of aromatic nitrogens is 2. The van der Waals surface area contributed by atoms with Gasteiger partial charge in [-0.1, -0.05) is 0 Å². The van der Waals surface area contributed by atoms with Crippen molar-refractivity contribution in [2.75, 3.05) is 52.9 Å². The minimum atomic E-state index is 0.469. The van der Waals surface area contributed by atoms with Gasteiger partial charge in [0.1, 0.15) is 0 Å². The van der Waals surface area contributed by atoms with Crippen LogP contribution in [0.4, 0.5) is 5.95 Å². The van der Waals surface area contributed by atoms with Crippen LogP contribution in [0.3, 0.4) is 0 Å². The minimum absolute atomic E-state index is 0.469. The SMILES string of the molecule is COCCNCCNc1nc(OC)cc(OC)n1. The van der Waals surface area contributed by atoms with Gasteiger partial charge in [-0.05, 0) is 0 Å². The molecule has 0 saturated carbocycles. The average Bonchev–Trinajstić information content (AvgIpc) is 2.42. The number of nitrogens with one attached hydrogen (secondary N) is 2. The van der Waals surface area contributed by atoms with Crippen LogP contribution in [-0.4, -0.2) is 57.5 Å². The van der Waals surface area contributed by atoms with Gasteiger partial charge < -0.3 is 24.8 Å². The van der Waals surface area contributed by atoms with Gasteiger partial charge in [0.2, 0.25) is 17.7 Å². The van der Waals surface area contributed by atoms with E-state index in [2.05, 4.69) is 20.6 Å². The molecule has 1 heterocycles. The largest absolute Gasteiger partial charge is 0.481 e. The van der Waals surface area contributed by atoms with Crippen LogP contribution in [0.25, 0.3) is 0 Å². The molecule has 0 atom stereocenters. The van der Waals surface area contributed by atoms with Crippen LogP contribution in [0.5, 0.6) is 11.8 Å². The normalized spacial score (nSPS) is 10.2. The molecule has 0 amide bonds. The molecule has 0 aliphatic rings. The highest BCUT2D eigenvalue weighted by molar-refractivity contribution is 5.33. The molecule has 7 heteroatoms. The van der Waals surface area contributed by atoms with Crippen molar-refractivity contribution in [3.8, 4) is 11.8 Å². The summed E-state index contributed by atoms with van der Waals surface area (Å²) in [6.45, 7) is 3.02. The van der Waals surface area contributed by atoms with E-state index in [1.807, 2.05) is 0 Å². The summed E-state index contributed by atoms with van der Waals surface area (Å²) in [4.78, 5) is 8.31. The zero-order valence-electron chi connectivity index (χ0n) is 11.0. The Morgan fingerprint density at radius 3 is 2.22 bits per heavy atom. The molecule has 0 fully saturated rings. The molecular weight excluding hydrogens is 236 g/mol. The minimum Gasteiger partial charge on any atom is -0.481 e. The highest BCUT2D eigenvalue weighted by atomic mass is 16.5. The van der Waals surface area contributed by atoms with Crippen LogP contribution < -0.4 is 20.1 Å². The summed E-state index contributed by atoms with van der Waals surface area (Å²) in [5.41, 5.74) is 0. The standard InChI is InChI=1S/C11H20N4O3/c1-16-7-6-12-4-5-13-11-14-9(17-2)8-10(15-11)18-3/h8,12H,4-7H2,1-3H3,(H,13,14,15). The van der Waals surface area contributed by atoms with Crippen LogP contribution in [-0.2, 0) is 4.74 Å². The number of hydrogen-bond acceptors (Lipinski definition) is 7. The predicted molar refractivity (Wildman–Crippen MR) is 68.4 cm³/mol. The summed E-state index contributed by atoms with van der Waals surface area (Å²) in [5.74, 6) is 1.42. The zero-order valence-corrected chi connectivity index (χ0v) is 11.0. The van der Waals surface area contributed by atoms with Crippen LogP contribution in [0.2, 0.25) is 0 Å². The second kappa shape index (κ2) is 8.48. The van der Waals surface area contributed by atoms with E-state index in [0.29, 0.717) is 30.9 Å². The smallest absolute Gasteiger partial charge is 0.229 e. The van der Waals surface area contributed by atoms with Crippen molar-refractivity contribution < 1.29 is 14.2 Å². The molecule has 0 bridgehead atoms. The number of ether oxygens (including phenoxy) is 3. The average molecular weight is 256 g/mol. The molecule has 1 aromatic rings. The molecular formula is C11H20N4O3. The first-order valence-electron chi connectivity index (χ1n) is 5.70. The number of anilines is 1. The maximum Gasteiger partial charge on any atom is 0.229 e. The van der Waals surface area contributed by atoms with Gasteiger partial charge >= 0.3 is 0 Å². The Hall–Kier alpha value is -1.60. The zero-order chi connectivity index (χ0) is 13.2. The van der Waals surface area contributed by atoms with E-state index in [4.69, 9.17) is 14.2 Å². The first-order chi connectivity index (χ1) is 8.80. The molecule has 0 saturated heterocycles. The monoisotopic (exact) mass is 256 g/mol. The van der Waals surface area contributed by atoms with Gasteiger partial charge in [0.05, 0.1) is 26.9 Å². The molecule has 18 heavy (non-hydrogen) atoms. The molecule has 1 aromatic heterocycles. The van der Waals surface area contributed by atoms with Crippen molar-refractivity contribution in [3.05, 3.63) is 6.07 Å². The van der Waals surface area contributed by atoms with Crippen molar-refractivity contribution in [1.29, 1.82) is 0 Å². The lowest BCUT2D eigenvalue weighted by molar-refractivity contribution is 0.200. The van der Waals surface area contributed by atoms with E-state index in [9.17, 15) is 0 Å². The topological polar surface area (TPSA) is 77.5 Å². The first-order valence-corrected chi connectivity index (χ1v) is 5.70. The third kappa shape index (κ3) is 5.15. The van der Waals surface area contributed by atoms with Crippen LogP contribution >= 0.6 is 0 Å². The molecule has 0 aliphatic carbocycles. The fourth-order valence-corrected chi connectivity index (χ4v) is 1.25. The molecule has 0 aliphatic heterocycles. The van der Waals surface area contributed by atoms with Gasteiger partial charge in [0.25, 0.3) is 0 Å². The Morgan fingerprint density at radius 2 is 1.67 bits per heavy atom. The molecule has 7 nitrogen and oxygen atoms in total. The summed E-state index contributed by atoms with van der Waals surface area (Å²) >= 11 is 0. The molecule has 1 rings (SSSR count). The van der Waals surface area contributed by atoms with Crippen molar-refractivity contribution in [2.45, 2.75) is 0 Å². The Bertz CT molecular complexity index is 327. The van der Waals surface area contributed by atoms with Crippen molar-refractivity contribution in [3.63, 3.8) is 0 Å². The third-order valence-corrected chi connectivity index (χ3v) is 2.17. The van der Waals surface area contributed by atoms with Gasteiger partial charge in [0, 0.05) is 26.7 Å². The maximum atomic E-state index is 5.05. The van der Waals surface area contributed by atoms with Crippen molar-refractivity contribution in [2.24, 2.45) is 0 Å². The van der Waals surface area contributed by atoms with Gasteiger partial charge in [-0.2, -0.15) is 9.97 Å². The van der Waals surface area contributed by atoms with E-state index in [-0.39, 0.29) is 0 Å². The molecule has 0 aromatic carbocycles. The summed E-state index contributed by atoms with van der Waals surface area (Å²) in [6, 6.07) is 1.63. The Morgan fingerprint density at radius 1 is 1.00 bits per heavy atom. The molecule has 0 unspecified atom stereocenters. The maximum absolute atomic E-state index is 5.05. The first kappa shape index (κ1) is 14.5. The van der Waals surface area contributed by atoms with Crippen molar-refractivity contribution in [1.82, 2.24) is 15.3 Å². The van der Waals surface area contributed by atoms with Crippen LogP contribution in [0.15, 0.2) is 6.07 Å². The van der Waals surface area contributed by atoms with Gasteiger partial charge in [-0.3, -0.25) is 0 Å². The highest BCUT2D eigenvalue weighted by Crippen LogP contribution is 2.16. The second-order valence-corrected chi connectivity index (χ2v) is 3.45. The Balaban J connectivity index is 2.36. The van der Waals surface area contributed by atoms with E-state index in [0.717, 1.165) is 13.1 Å². The van der Waals surface area contributed by atoms with E-state index in [1.165, 1.54) is 0 Å². The summed E-state index contributed by atoms with van der Waals surface area (Å²) in [6.07, 6.45) is 0. The van der Waals surface area contributed by atoms with Crippen molar-refractivity contribution >= 4 is 5.95 Å². The molecule has 0 radical (unpaired) electrons. The van der Waals surface area contributed by atoms with E-state index < -0.39 is 0 Å². The van der Waals surface area contributed by atoms with E-state index >= 15 is 0 Å². The molecule has 2 N–H and O–H groups in total. The van der Waals surface area contributed by atoms with E-state index in [1.54, 1.807) is 27.4 Å². The van der Waals surface area contributed by atoms with Crippen LogP contribution in [0.1, 0.15) is 0 Å². The number of methoxy groups -OCH3 is 3. The summed E-state index contributed by atoms with van der Waals surface area (Å²) in [5, 5.41) is 6.29. The fourth-order valence-electron chi connectivity index (χ4n) is 1.25. The number of hydrogen-bond donors (Lipinski definition) is 2. The van der Waals surface area contributed by atoms with Gasteiger partial charge in [0.15, 0.2) is 0 Å². The molecule has 102 valence electrons. The number of rotatable bonds is 9.